The van der Waals surface area contributed by atoms with Gasteiger partial charge >= 0.3 is 0 Å². The predicted octanol–water partition coefficient (Wildman–Crippen LogP) is 3.51. The molecule has 9 heteroatoms. The maximum atomic E-state index is 13.3. The molecule has 4 rings (SSSR count). The third-order valence-electron chi connectivity index (χ3n) is 6.44. The maximum absolute atomic E-state index is 13.3. The molecule has 34 heavy (non-hydrogen) atoms. The van der Waals surface area contributed by atoms with Gasteiger partial charge < -0.3 is 19.7 Å². The van der Waals surface area contributed by atoms with Gasteiger partial charge in [0.2, 0.25) is 5.91 Å². The molecule has 2 N–H and O–H groups in total. The maximum Gasteiger partial charge on any atom is 0.274 e. The molecule has 1 aliphatic heterocycles. The van der Waals surface area contributed by atoms with Crippen molar-refractivity contribution >= 4 is 28.6 Å². The minimum atomic E-state index is -0.960. The fraction of sp³-hybridized carbons (Fsp3) is 0.480. The summed E-state index contributed by atoms with van der Waals surface area (Å²) in [5.41, 5.74) is 1.81. The molecule has 3 heterocycles. The summed E-state index contributed by atoms with van der Waals surface area (Å²) in [6.45, 7) is 6.29. The van der Waals surface area contributed by atoms with E-state index in [-0.39, 0.29) is 42.2 Å². The number of aromatic nitrogens is 3. The van der Waals surface area contributed by atoms with Gasteiger partial charge in [-0.15, -0.1) is 0 Å². The average Bonchev–Trinajstić information content (AvgIpc) is 3.45. The smallest absolute Gasteiger partial charge is 0.274 e. The molecule has 0 bridgehead atoms. The highest BCUT2D eigenvalue weighted by molar-refractivity contribution is 5.98. The van der Waals surface area contributed by atoms with Gasteiger partial charge in [0.05, 0.1) is 23.5 Å². The van der Waals surface area contributed by atoms with Gasteiger partial charge in [0.15, 0.2) is 11.5 Å². The standard InChI is InChI=1S/C25H31N5O4/c1-15(24-26-18-9-4-5-10-19(18)27-24)12-22(31)20(28-25(33)21-13-17(3)34-29-21)14-23(32)30-11-7-6-8-16(30)2/h4-5,9-10,13,15-16,20H,6-8,11-12,14H2,1-3H3,(H,26,27)(H,28,33)/t15-,16+,20+/m1/s1. The van der Waals surface area contributed by atoms with E-state index in [1.54, 1.807) is 6.92 Å². The van der Waals surface area contributed by atoms with E-state index in [1.165, 1.54) is 6.07 Å². The molecule has 0 spiro atoms. The van der Waals surface area contributed by atoms with Crippen molar-refractivity contribution < 1.29 is 18.9 Å². The number of H-pyrrole nitrogens is 1. The molecule has 9 nitrogen and oxygen atoms in total. The van der Waals surface area contributed by atoms with Gasteiger partial charge in [-0.3, -0.25) is 14.4 Å². The van der Waals surface area contributed by atoms with Crippen molar-refractivity contribution in [2.75, 3.05) is 6.54 Å². The minimum Gasteiger partial charge on any atom is -0.361 e. The van der Waals surface area contributed by atoms with Gasteiger partial charge in [0.1, 0.15) is 11.6 Å². The summed E-state index contributed by atoms with van der Waals surface area (Å²) in [5, 5.41) is 6.46. The van der Waals surface area contributed by atoms with Crippen LogP contribution in [-0.4, -0.2) is 56.3 Å². The molecule has 3 aromatic rings. The lowest BCUT2D eigenvalue weighted by Crippen LogP contribution is -2.48. The van der Waals surface area contributed by atoms with E-state index >= 15 is 0 Å². The van der Waals surface area contributed by atoms with Crippen LogP contribution in [0.4, 0.5) is 0 Å². The quantitative estimate of drug-likeness (QED) is 0.525. The molecule has 1 aliphatic rings. The monoisotopic (exact) mass is 465 g/mol. The Morgan fingerprint density at radius 1 is 1.24 bits per heavy atom. The van der Waals surface area contributed by atoms with Crippen LogP contribution in [0.25, 0.3) is 11.0 Å². The summed E-state index contributed by atoms with van der Waals surface area (Å²) in [5.74, 6) is 0.0919. The van der Waals surface area contributed by atoms with Crippen molar-refractivity contribution in [1.29, 1.82) is 0 Å². The molecule has 0 aliphatic carbocycles. The van der Waals surface area contributed by atoms with Gasteiger partial charge in [0.25, 0.3) is 5.91 Å². The molecular formula is C25H31N5O4. The van der Waals surface area contributed by atoms with Crippen molar-refractivity contribution in [3.05, 3.63) is 47.6 Å². The van der Waals surface area contributed by atoms with Crippen LogP contribution in [0.15, 0.2) is 34.9 Å². The first-order chi connectivity index (χ1) is 16.3. The Balaban J connectivity index is 1.49. The number of benzene rings is 1. The highest BCUT2D eigenvalue weighted by Gasteiger charge is 2.31. The number of hydrogen-bond donors (Lipinski definition) is 2. The number of ketones is 1. The Hall–Kier alpha value is -3.49. The number of aromatic amines is 1. The van der Waals surface area contributed by atoms with Crippen molar-refractivity contribution in [3.63, 3.8) is 0 Å². The molecular weight excluding hydrogens is 434 g/mol. The number of likely N-dealkylation sites (tertiary alicyclic amines) is 1. The van der Waals surface area contributed by atoms with Gasteiger partial charge in [0, 0.05) is 31.0 Å². The lowest BCUT2D eigenvalue weighted by Gasteiger charge is -2.34. The van der Waals surface area contributed by atoms with Crippen molar-refractivity contribution in [3.8, 4) is 0 Å². The van der Waals surface area contributed by atoms with Gasteiger partial charge in [-0.05, 0) is 45.2 Å². The topological polar surface area (TPSA) is 121 Å². The Labute approximate surface area is 198 Å². The first-order valence-electron chi connectivity index (χ1n) is 11.8. The fourth-order valence-electron chi connectivity index (χ4n) is 4.46. The lowest BCUT2D eigenvalue weighted by molar-refractivity contribution is -0.137. The number of Topliss-reactive ketones (excluding diaryl/α,β-unsaturated/α-hetero) is 1. The molecule has 2 amide bonds. The van der Waals surface area contributed by atoms with Crippen LogP contribution in [0.3, 0.4) is 0 Å². The largest absolute Gasteiger partial charge is 0.361 e. The molecule has 1 aromatic carbocycles. The first-order valence-corrected chi connectivity index (χ1v) is 11.8. The Morgan fingerprint density at radius 3 is 2.74 bits per heavy atom. The van der Waals surface area contributed by atoms with Crippen LogP contribution in [0.5, 0.6) is 0 Å². The summed E-state index contributed by atoms with van der Waals surface area (Å²) in [6, 6.07) is 8.34. The van der Waals surface area contributed by atoms with Crippen LogP contribution < -0.4 is 5.32 Å². The number of nitrogens with one attached hydrogen (secondary N) is 2. The van der Waals surface area contributed by atoms with Crippen molar-refractivity contribution in [1.82, 2.24) is 25.3 Å². The molecule has 180 valence electrons. The molecule has 3 atom stereocenters. The number of para-hydroxylation sites is 2. The number of piperidine rings is 1. The predicted molar refractivity (Wildman–Crippen MR) is 126 cm³/mol. The van der Waals surface area contributed by atoms with Gasteiger partial charge in [-0.1, -0.05) is 24.2 Å². The zero-order valence-corrected chi connectivity index (χ0v) is 19.8. The van der Waals surface area contributed by atoms with E-state index in [4.69, 9.17) is 4.52 Å². The minimum absolute atomic E-state index is 0.0828. The van der Waals surface area contributed by atoms with Crippen molar-refractivity contribution in [2.45, 2.75) is 70.9 Å². The molecule has 0 radical (unpaired) electrons. The first kappa shape index (κ1) is 23.7. The van der Waals surface area contributed by atoms with E-state index in [0.717, 1.165) is 30.3 Å². The number of carbonyl (C=O) groups is 3. The van der Waals surface area contributed by atoms with E-state index in [1.807, 2.05) is 43.0 Å². The Morgan fingerprint density at radius 2 is 2.03 bits per heavy atom. The number of amides is 2. The second kappa shape index (κ2) is 10.2. The SMILES string of the molecule is Cc1cc(C(=O)N[C@@H](CC(=O)N2CCCC[C@@H]2C)C(=O)C[C@@H](C)c2nc3ccccc3[nH]2)no1. The van der Waals surface area contributed by atoms with E-state index in [2.05, 4.69) is 20.4 Å². The number of imidazole rings is 1. The third-order valence-corrected chi connectivity index (χ3v) is 6.44. The summed E-state index contributed by atoms with van der Waals surface area (Å²) in [7, 11) is 0. The van der Waals surface area contributed by atoms with Crippen LogP contribution in [-0.2, 0) is 9.59 Å². The number of aryl methyl sites for hydroxylation is 1. The van der Waals surface area contributed by atoms with E-state index in [0.29, 0.717) is 18.1 Å². The second-order valence-electron chi connectivity index (χ2n) is 9.20. The number of hydrogen-bond acceptors (Lipinski definition) is 6. The normalized spacial score (nSPS) is 18.0. The van der Waals surface area contributed by atoms with Gasteiger partial charge in [-0.25, -0.2) is 4.98 Å². The highest BCUT2D eigenvalue weighted by atomic mass is 16.5. The van der Waals surface area contributed by atoms with E-state index in [9.17, 15) is 14.4 Å². The Bertz CT molecular complexity index is 1150. The third kappa shape index (κ3) is 5.35. The number of rotatable bonds is 8. The number of fused-ring (bicyclic) bond motifs is 1. The fourth-order valence-corrected chi connectivity index (χ4v) is 4.46. The summed E-state index contributed by atoms with van der Waals surface area (Å²) >= 11 is 0. The average molecular weight is 466 g/mol. The summed E-state index contributed by atoms with van der Waals surface area (Å²) in [4.78, 5) is 48.8. The zero-order valence-electron chi connectivity index (χ0n) is 19.8. The highest BCUT2D eigenvalue weighted by Crippen LogP contribution is 2.23. The van der Waals surface area contributed by atoms with Gasteiger partial charge in [-0.2, -0.15) is 0 Å². The van der Waals surface area contributed by atoms with Crippen LogP contribution >= 0.6 is 0 Å². The molecule has 0 unspecified atom stereocenters. The second-order valence-corrected chi connectivity index (χ2v) is 9.20. The van der Waals surface area contributed by atoms with E-state index < -0.39 is 11.9 Å². The van der Waals surface area contributed by atoms with Crippen LogP contribution in [0, 0.1) is 6.92 Å². The summed E-state index contributed by atoms with van der Waals surface area (Å²) < 4.78 is 4.99. The lowest BCUT2D eigenvalue weighted by atomic mass is 9.96. The van der Waals surface area contributed by atoms with Crippen LogP contribution in [0.1, 0.15) is 73.9 Å². The molecule has 2 aromatic heterocycles. The zero-order chi connectivity index (χ0) is 24.2. The molecule has 0 saturated carbocycles. The van der Waals surface area contributed by atoms with Crippen molar-refractivity contribution in [2.24, 2.45) is 0 Å². The van der Waals surface area contributed by atoms with Crippen LogP contribution in [0.2, 0.25) is 0 Å². The summed E-state index contributed by atoms with van der Waals surface area (Å²) in [6.07, 6.45) is 3.02. The molecule has 1 fully saturated rings. The number of carbonyl (C=O) groups excluding carboxylic acids is 3. The molecule has 1 saturated heterocycles. The number of nitrogens with zero attached hydrogens (tertiary/aromatic N) is 3. The Kier molecular flexibility index (Phi) is 7.09.